The Hall–Kier alpha value is -1.91. The molecule has 0 bridgehead atoms. The van der Waals surface area contributed by atoms with Gasteiger partial charge in [-0.3, -0.25) is 0 Å². The first-order valence-electron chi connectivity index (χ1n) is 8.26. The SMILES string of the molecule is [2H]c1c(Cl)c(Cc2ccc(O)c(C(C)C)c2)c(Cl)c([2H])c1OCC(=O)O. The van der Waals surface area contributed by atoms with E-state index in [4.69, 9.17) is 35.8 Å². The highest BCUT2D eigenvalue weighted by Crippen LogP contribution is 2.33. The number of phenolic OH excluding ortho intramolecular Hbond substituents is 1. The van der Waals surface area contributed by atoms with E-state index in [0.717, 1.165) is 11.1 Å². The molecule has 0 spiro atoms. The van der Waals surface area contributed by atoms with Gasteiger partial charge in [-0.25, -0.2) is 4.79 Å². The highest BCUT2D eigenvalue weighted by atomic mass is 35.5. The van der Waals surface area contributed by atoms with E-state index in [1.807, 2.05) is 19.9 Å². The lowest BCUT2D eigenvalue weighted by molar-refractivity contribution is -0.139. The number of carboxylic acids is 1. The number of carbonyl (C=O) groups is 1. The Labute approximate surface area is 153 Å². The van der Waals surface area contributed by atoms with Crippen molar-refractivity contribution >= 4 is 29.2 Å². The van der Waals surface area contributed by atoms with Crippen LogP contribution in [0.1, 0.15) is 39.2 Å². The first-order valence-corrected chi connectivity index (χ1v) is 8.02. The van der Waals surface area contributed by atoms with Crippen molar-refractivity contribution in [3.63, 3.8) is 0 Å². The summed E-state index contributed by atoms with van der Waals surface area (Å²) in [5.41, 5.74) is 1.97. The fourth-order valence-electron chi connectivity index (χ4n) is 2.22. The number of ether oxygens (including phenoxy) is 1. The maximum atomic E-state index is 10.7. The zero-order valence-electron chi connectivity index (χ0n) is 15.2. The molecule has 0 amide bonds. The number of rotatable bonds is 6. The third-order valence-corrected chi connectivity index (χ3v) is 4.06. The Morgan fingerprint density at radius 3 is 2.46 bits per heavy atom. The van der Waals surface area contributed by atoms with Crippen LogP contribution >= 0.6 is 23.2 Å². The molecule has 0 atom stereocenters. The summed E-state index contributed by atoms with van der Waals surface area (Å²) in [7, 11) is 0. The summed E-state index contributed by atoms with van der Waals surface area (Å²) < 4.78 is 21.1. The van der Waals surface area contributed by atoms with E-state index in [-0.39, 0.29) is 46.0 Å². The fraction of sp³-hybridized carbons (Fsp3) is 0.278. The van der Waals surface area contributed by atoms with Crippen molar-refractivity contribution in [1.82, 2.24) is 0 Å². The normalized spacial score (nSPS) is 12.0. The predicted octanol–water partition coefficient (Wildman–Crippen LogP) is 4.88. The lowest BCUT2D eigenvalue weighted by Gasteiger charge is -2.13. The molecule has 0 saturated carbocycles. The van der Waals surface area contributed by atoms with Gasteiger partial charge in [0.1, 0.15) is 11.5 Å². The van der Waals surface area contributed by atoms with Crippen LogP contribution in [0.25, 0.3) is 0 Å². The highest BCUT2D eigenvalue weighted by molar-refractivity contribution is 6.36. The predicted molar refractivity (Wildman–Crippen MR) is 94.6 cm³/mol. The molecule has 6 heteroatoms. The number of hydrogen-bond acceptors (Lipinski definition) is 3. The third-order valence-electron chi connectivity index (χ3n) is 3.41. The topological polar surface area (TPSA) is 66.8 Å². The van der Waals surface area contributed by atoms with Crippen LogP contribution in [0.5, 0.6) is 11.5 Å². The number of benzene rings is 2. The Balaban J connectivity index is 2.45. The largest absolute Gasteiger partial charge is 0.508 e. The van der Waals surface area contributed by atoms with Gasteiger partial charge < -0.3 is 14.9 Å². The van der Waals surface area contributed by atoms with Gasteiger partial charge in [0, 0.05) is 16.5 Å². The van der Waals surface area contributed by atoms with Gasteiger partial charge in [0.15, 0.2) is 6.61 Å². The molecule has 0 aliphatic carbocycles. The van der Waals surface area contributed by atoms with Crippen molar-refractivity contribution in [1.29, 1.82) is 0 Å². The van der Waals surface area contributed by atoms with Crippen molar-refractivity contribution in [2.45, 2.75) is 26.2 Å². The van der Waals surface area contributed by atoms with E-state index in [2.05, 4.69) is 0 Å². The number of aliphatic carboxylic acids is 1. The van der Waals surface area contributed by atoms with Gasteiger partial charge in [-0.2, -0.15) is 0 Å². The van der Waals surface area contributed by atoms with Gasteiger partial charge in [-0.15, -0.1) is 0 Å². The van der Waals surface area contributed by atoms with Crippen molar-refractivity contribution < 1.29 is 22.5 Å². The zero-order valence-corrected chi connectivity index (χ0v) is 14.7. The zero-order chi connectivity index (χ0) is 19.6. The first kappa shape index (κ1) is 15.6. The summed E-state index contributed by atoms with van der Waals surface area (Å²) in [6.45, 7) is 3.22. The number of phenols is 1. The lowest BCUT2D eigenvalue weighted by atomic mass is 9.96. The number of aromatic hydroxyl groups is 1. The molecule has 0 aliphatic rings. The van der Waals surface area contributed by atoms with Gasteiger partial charge in [-0.1, -0.05) is 49.2 Å². The molecule has 24 heavy (non-hydrogen) atoms. The van der Waals surface area contributed by atoms with Crippen molar-refractivity contribution in [2.24, 2.45) is 0 Å². The van der Waals surface area contributed by atoms with Crippen LogP contribution in [0.15, 0.2) is 30.3 Å². The summed E-state index contributed by atoms with van der Waals surface area (Å²) in [4.78, 5) is 10.7. The van der Waals surface area contributed by atoms with Crippen LogP contribution in [0.4, 0.5) is 0 Å². The quantitative estimate of drug-likeness (QED) is 0.760. The molecule has 0 unspecified atom stereocenters. The smallest absolute Gasteiger partial charge is 0.341 e. The Bertz CT molecular complexity index is 825. The maximum Gasteiger partial charge on any atom is 0.341 e. The molecule has 4 nitrogen and oxygen atoms in total. The van der Waals surface area contributed by atoms with Crippen LogP contribution < -0.4 is 4.74 Å². The minimum Gasteiger partial charge on any atom is -0.508 e. The number of halogens is 2. The maximum absolute atomic E-state index is 10.7. The van der Waals surface area contributed by atoms with Gasteiger partial charge >= 0.3 is 5.97 Å². The van der Waals surface area contributed by atoms with E-state index in [1.54, 1.807) is 12.1 Å². The summed E-state index contributed by atoms with van der Waals surface area (Å²) in [5.74, 6) is -1.18. The summed E-state index contributed by atoms with van der Waals surface area (Å²) >= 11 is 12.5. The van der Waals surface area contributed by atoms with Crippen LogP contribution in [0.3, 0.4) is 0 Å². The molecule has 0 radical (unpaired) electrons. The van der Waals surface area contributed by atoms with Gasteiger partial charge in [0.25, 0.3) is 0 Å². The fourth-order valence-corrected chi connectivity index (χ4v) is 2.76. The molecule has 0 aliphatic heterocycles. The van der Waals surface area contributed by atoms with E-state index in [0.29, 0.717) is 5.56 Å². The summed E-state index contributed by atoms with van der Waals surface area (Å²) in [6.07, 6.45) is 0.259. The molecule has 2 aromatic carbocycles. The molecule has 128 valence electrons. The molecular formula is C18H18Cl2O4. The lowest BCUT2D eigenvalue weighted by Crippen LogP contribution is -2.09. The Morgan fingerprint density at radius 2 is 1.92 bits per heavy atom. The first-order chi connectivity index (χ1) is 12.1. The van der Waals surface area contributed by atoms with Crippen LogP contribution in [-0.2, 0) is 11.2 Å². The van der Waals surface area contributed by atoms with Crippen molar-refractivity contribution in [3.05, 3.63) is 57.0 Å². The van der Waals surface area contributed by atoms with E-state index >= 15 is 0 Å². The third kappa shape index (κ3) is 4.56. The highest BCUT2D eigenvalue weighted by Gasteiger charge is 2.13. The second kappa shape index (κ2) is 7.77. The minimum atomic E-state index is -1.23. The minimum absolute atomic E-state index is 0.00515. The molecule has 0 fully saturated rings. The second-order valence-electron chi connectivity index (χ2n) is 5.59. The average molecular weight is 371 g/mol. The number of carboxylic acid groups (broad SMARTS) is 1. The van der Waals surface area contributed by atoms with Crippen molar-refractivity contribution in [2.75, 3.05) is 6.61 Å². The monoisotopic (exact) mass is 370 g/mol. The van der Waals surface area contributed by atoms with Crippen LogP contribution in [0.2, 0.25) is 10.0 Å². The van der Waals surface area contributed by atoms with E-state index < -0.39 is 12.6 Å². The summed E-state index contributed by atoms with van der Waals surface area (Å²) in [6, 6.07) is 4.57. The number of hydrogen-bond donors (Lipinski definition) is 2. The molecule has 0 aromatic heterocycles. The van der Waals surface area contributed by atoms with Crippen LogP contribution in [-0.4, -0.2) is 22.8 Å². The summed E-state index contributed by atoms with van der Waals surface area (Å²) in [5, 5.41) is 18.6. The van der Waals surface area contributed by atoms with E-state index in [9.17, 15) is 9.90 Å². The standard InChI is InChI=1S/C18H18Cl2O4/c1-10(2)13-5-11(3-4-17(13)21)6-14-15(19)7-12(8-16(14)20)24-9-18(22)23/h3-5,7-8,10,21H,6,9H2,1-2H3,(H,22,23)/i7D,8D. The molecular weight excluding hydrogens is 351 g/mol. The van der Waals surface area contributed by atoms with Gasteiger partial charge in [0.2, 0.25) is 0 Å². The van der Waals surface area contributed by atoms with Gasteiger partial charge in [0.05, 0.1) is 2.74 Å². The Morgan fingerprint density at radius 1 is 1.29 bits per heavy atom. The van der Waals surface area contributed by atoms with Gasteiger partial charge in [-0.05, 0) is 40.8 Å². The molecule has 2 N–H and O–H groups in total. The molecule has 2 aromatic rings. The average Bonchev–Trinajstić information content (AvgIpc) is 2.57. The van der Waals surface area contributed by atoms with Crippen molar-refractivity contribution in [3.8, 4) is 11.5 Å². The Kier molecular flexibility index (Phi) is 5.06. The molecule has 0 saturated heterocycles. The molecule has 0 heterocycles. The van der Waals surface area contributed by atoms with E-state index in [1.165, 1.54) is 0 Å². The van der Waals surface area contributed by atoms with Crippen LogP contribution in [0, 0.1) is 0 Å². The second-order valence-corrected chi connectivity index (χ2v) is 6.35. The molecule has 2 rings (SSSR count).